The van der Waals surface area contributed by atoms with E-state index in [9.17, 15) is 4.39 Å². The average Bonchev–Trinajstić information content (AvgIpc) is 3.08. The van der Waals surface area contributed by atoms with Crippen molar-refractivity contribution in [2.24, 2.45) is 0 Å². The maximum Gasteiger partial charge on any atom is 0.176 e. The van der Waals surface area contributed by atoms with Gasteiger partial charge in [0.05, 0.1) is 7.11 Å². The number of aromatic nitrogens is 2. The van der Waals surface area contributed by atoms with Crippen LogP contribution in [0.2, 0.25) is 0 Å². The number of halogens is 1. The van der Waals surface area contributed by atoms with E-state index in [2.05, 4.69) is 4.98 Å². The van der Waals surface area contributed by atoms with Gasteiger partial charge in [0, 0.05) is 24.2 Å². The molecule has 0 N–H and O–H groups in total. The van der Waals surface area contributed by atoms with Crippen molar-refractivity contribution in [3.63, 3.8) is 0 Å². The topological polar surface area (TPSA) is 40.2 Å². The fourth-order valence-electron chi connectivity index (χ4n) is 2.29. The van der Waals surface area contributed by atoms with Gasteiger partial charge < -0.3 is 13.7 Å². The van der Waals surface area contributed by atoms with Gasteiger partial charge in [-0.25, -0.2) is 9.37 Å². The standard InChI is InChI=1S/C15H11FN2O2S/c1-19-14-4-5-18-8-11(17-15(18)21-14)13-6-9-2-3-10(16)7-12(9)20-13/h2-4,6-8H,5H2,1H3. The van der Waals surface area contributed by atoms with Gasteiger partial charge in [-0.1, -0.05) is 0 Å². The number of hydrogen-bond acceptors (Lipinski definition) is 4. The van der Waals surface area contributed by atoms with Crippen molar-refractivity contribution in [3.8, 4) is 11.5 Å². The third-order valence-electron chi connectivity index (χ3n) is 3.32. The van der Waals surface area contributed by atoms with Gasteiger partial charge in [-0.15, -0.1) is 0 Å². The molecule has 1 aromatic carbocycles. The van der Waals surface area contributed by atoms with Gasteiger partial charge in [-0.3, -0.25) is 0 Å². The third kappa shape index (κ3) is 2.12. The van der Waals surface area contributed by atoms with E-state index in [4.69, 9.17) is 9.15 Å². The van der Waals surface area contributed by atoms with E-state index in [0.717, 1.165) is 21.3 Å². The lowest BCUT2D eigenvalue weighted by Crippen LogP contribution is -2.02. The van der Waals surface area contributed by atoms with Crippen LogP contribution in [-0.2, 0) is 11.3 Å². The molecule has 6 heteroatoms. The van der Waals surface area contributed by atoms with Gasteiger partial charge in [0.2, 0.25) is 0 Å². The highest BCUT2D eigenvalue weighted by Gasteiger charge is 2.18. The normalized spacial score (nSPS) is 14.1. The Bertz CT molecular complexity index is 866. The van der Waals surface area contributed by atoms with Crippen molar-refractivity contribution in [1.82, 2.24) is 9.55 Å². The zero-order valence-corrected chi connectivity index (χ0v) is 12.0. The van der Waals surface area contributed by atoms with Gasteiger partial charge in [0.25, 0.3) is 0 Å². The van der Waals surface area contributed by atoms with E-state index in [1.54, 1.807) is 13.2 Å². The lowest BCUT2D eigenvalue weighted by atomic mass is 10.2. The number of ether oxygens (including phenoxy) is 1. The van der Waals surface area contributed by atoms with Gasteiger partial charge in [0.15, 0.2) is 16.0 Å². The molecule has 3 aromatic rings. The zero-order valence-electron chi connectivity index (χ0n) is 11.2. The van der Waals surface area contributed by atoms with Crippen LogP contribution in [0.15, 0.2) is 51.2 Å². The molecule has 1 aliphatic heterocycles. The predicted octanol–water partition coefficient (Wildman–Crippen LogP) is 4.03. The molecule has 0 amide bonds. The molecule has 21 heavy (non-hydrogen) atoms. The Labute approximate surface area is 124 Å². The predicted molar refractivity (Wildman–Crippen MR) is 78.3 cm³/mol. The van der Waals surface area contributed by atoms with E-state index in [-0.39, 0.29) is 5.82 Å². The Morgan fingerprint density at radius 1 is 1.38 bits per heavy atom. The first-order chi connectivity index (χ1) is 10.2. The smallest absolute Gasteiger partial charge is 0.176 e. The lowest BCUT2D eigenvalue weighted by molar-refractivity contribution is 0.320. The molecule has 0 atom stereocenters. The molecular weight excluding hydrogens is 291 g/mol. The number of imidazole rings is 1. The summed E-state index contributed by atoms with van der Waals surface area (Å²) in [5, 5.41) is 2.56. The Hall–Kier alpha value is -2.21. The first-order valence-electron chi connectivity index (χ1n) is 6.41. The van der Waals surface area contributed by atoms with Crippen LogP contribution in [0.5, 0.6) is 0 Å². The lowest BCUT2D eigenvalue weighted by Gasteiger charge is -2.12. The summed E-state index contributed by atoms with van der Waals surface area (Å²) in [5.74, 6) is 0.328. The fourth-order valence-corrected chi connectivity index (χ4v) is 3.10. The summed E-state index contributed by atoms with van der Waals surface area (Å²) in [6.45, 7) is 0.716. The molecule has 0 unspecified atom stereocenters. The monoisotopic (exact) mass is 302 g/mol. The molecule has 0 saturated heterocycles. The molecule has 2 aromatic heterocycles. The summed E-state index contributed by atoms with van der Waals surface area (Å²) in [6, 6.07) is 6.38. The van der Waals surface area contributed by atoms with Crippen LogP contribution in [0.25, 0.3) is 22.4 Å². The van der Waals surface area contributed by atoms with Crippen molar-refractivity contribution in [2.45, 2.75) is 11.7 Å². The summed E-state index contributed by atoms with van der Waals surface area (Å²) in [5.41, 5.74) is 1.26. The van der Waals surface area contributed by atoms with Crippen molar-refractivity contribution >= 4 is 22.7 Å². The van der Waals surface area contributed by atoms with Gasteiger partial charge in [-0.2, -0.15) is 0 Å². The van der Waals surface area contributed by atoms with Crippen LogP contribution in [0.4, 0.5) is 4.39 Å². The van der Waals surface area contributed by atoms with Crippen LogP contribution < -0.4 is 0 Å². The van der Waals surface area contributed by atoms with E-state index in [1.165, 1.54) is 23.9 Å². The molecule has 3 heterocycles. The van der Waals surface area contributed by atoms with Gasteiger partial charge >= 0.3 is 0 Å². The maximum absolute atomic E-state index is 13.2. The Kier molecular flexibility index (Phi) is 2.78. The molecule has 4 nitrogen and oxygen atoms in total. The minimum Gasteiger partial charge on any atom is -0.490 e. The molecule has 1 aliphatic rings. The van der Waals surface area contributed by atoms with Gasteiger partial charge in [-0.05, 0) is 36.0 Å². The van der Waals surface area contributed by atoms with E-state index in [1.807, 2.05) is 22.9 Å². The minimum absolute atomic E-state index is 0.308. The number of hydrogen-bond donors (Lipinski definition) is 0. The second kappa shape index (κ2) is 4.66. The number of allylic oxidation sites excluding steroid dienone is 1. The molecule has 0 radical (unpaired) electrons. The fraction of sp³-hybridized carbons (Fsp3) is 0.133. The number of thioether (sulfide) groups is 1. The second-order valence-electron chi connectivity index (χ2n) is 4.68. The quantitative estimate of drug-likeness (QED) is 0.716. The van der Waals surface area contributed by atoms with E-state index in [0.29, 0.717) is 17.9 Å². The zero-order chi connectivity index (χ0) is 14.4. The molecule has 0 bridgehead atoms. The summed E-state index contributed by atoms with van der Waals surface area (Å²) < 4.78 is 26.2. The maximum atomic E-state index is 13.2. The highest BCUT2D eigenvalue weighted by Crippen LogP contribution is 2.34. The molecule has 4 rings (SSSR count). The minimum atomic E-state index is -0.308. The summed E-state index contributed by atoms with van der Waals surface area (Å²) in [4.78, 5) is 4.55. The average molecular weight is 302 g/mol. The first kappa shape index (κ1) is 12.5. The van der Waals surface area contributed by atoms with Crippen molar-refractivity contribution in [1.29, 1.82) is 0 Å². The summed E-state index contributed by atoms with van der Waals surface area (Å²) in [6.07, 6.45) is 3.93. The highest BCUT2D eigenvalue weighted by atomic mass is 32.2. The Morgan fingerprint density at radius 3 is 3.14 bits per heavy atom. The van der Waals surface area contributed by atoms with Crippen LogP contribution >= 0.6 is 11.8 Å². The van der Waals surface area contributed by atoms with E-state index >= 15 is 0 Å². The van der Waals surface area contributed by atoms with Crippen LogP contribution in [-0.4, -0.2) is 16.7 Å². The van der Waals surface area contributed by atoms with Crippen LogP contribution in [0.3, 0.4) is 0 Å². The van der Waals surface area contributed by atoms with Crippen molar-refractivity contribution in [3.05, 3.63) is 47.4 Å². The molecule has 0 aliphatic carbocycles. The summed E-state index contributed by atoms with van der Waals surface area (Å²) in [7, 11) is 1.64. The van der Waals surface area contributed by atoms with Gasteiger partial charge in [0.1, 0.15) is 17.1 Å². The number of methoxy groups -OCH3 is 1. The molecule has 106 valence electrons. The largest absolute Gasteiger partial charge is 0.490 e. The van der Waals surface area contributed by atoms with Crippen LogP contribution in [0, 0.1) is 5.82 Å². The number of furan rings is 1. The highest BCUT2D eigenvalue weighted by molar-refractivity contribution is 8.02. The molecular formula is C15H11FN2O2S. The van der Waals surface area contributed by atoms with Crippen molar-refractivity contribution in [2.75, 3.05) is 7.11 Å². The summed E-state index contributed by atoms with van der Waals surface area (Å²) >= 11 is 1.47. The van der Waals surface area contributed by atoms with Crippen LogP contribution in [0.1, 0.15) is 0 Å². The Balaban J connectivity index is 1.75. The number of nitrogens with zero attached hydrogens (tertiary/aromatic N) is 2. The molecule has 0 saturated carbocycles. The third-order valence-corrected chi connectivity index (χ3v) is 4.37. The van der Waals surface area contributed by atoms with E-state index < -0.39 is 0 Å². The molecule has 0 fully saturated rings. The van der Waals surface area contributed by atoms with Crippen molar-refractivity contribution < 1.29 is 13.5 Å². The second-order valence-corrected chi connectivity index (χ2v) is 5.65. The first-order valence-corrected chi connectivity index (χ1v) is 7.23. The molecule has 0 spiro atoms. The Morgan fingerprint density at radius 2 is 2.29 bits per heavy atom. The SMILES string of the molecule is COC1=CCn2cc(-c3cc4ccc(F)cc4o3)nc2S1. The number of rotatable bonds is 2. The number of benzene rings is 1. The number of fused-ring (bicyclic) bond motifs is 2.